The molecule has 2 amide bonds. The fraction of sp³-hybridized carbons (Fsp3) is 0.636. The van der Waals surface area contributed by atoms with Gasteiger partial charge in [0, 0.05) is 32.3 Å². The number of hydrogen-bond donors (Lipinski definition) is 2. The number of hydrogen-bond acceptors (Lipinski definition) is 3. The molecule has 0 atom stereocenters. The molecule has 1 aliphatic rings. The summed E-state index contributed by atoms with van der Waals surface area (Å²) in [6.45, 7) is 5.94. The van der Waals surface area contributed by atoms with Crippen LogP contribution >= 0.6 is 0 Å². The molecule has 0 bridgehead atoms. The lowest BCUT2D eigenvalue weighted by Crippen LogP contribution is -2.41. The van der Waals surface area contributed by atoms with Crippen LogP contribution in [0.1, 0.15) is 13.8 Å². The second kappa shape index (κ2) is 5.65. The van der Waals surface area contributed by atoms with Crippen LogP contribution in [0.4, 0.5) is 0 Å². The summed E-state index contributed by atoms with van der Waals surface area (Å²) in [6.07, 6.45) is 0. The van der Waals surface area contributed by atoms with Gasteiger partial charge in [-0.25, -0.2) is 0 Å². The molecule has 5 heteroatoms. The fourth-order valence-corrected chi connectivity index (χ4v) is 1.49. The Hall–Kier alpha value is -1.36. The fourth-order valence-electron chi connectivity index (χ4n) is 1.49. The summed E-state index contributed by atoms with van der Waals surface area (Å²) in [4.78, 5) is 24.6. The van der Waals surface area contributed by atoms with E-state index in [-0.39, 0.29) is 18.4 Å². The van der Waals surface area contributed by atoms with E-state index < -0.39 is 0 Å². The van der Waals surface area contributed by atoms with Crippen molar-refractivity contribution >= 4 is 11.8 Å². The van der Waals surface area contributed by atoms with Gasteiger partial charge >= 0.3 is 0 Å². The predicted molar refractivity (Wildman–Crippen MR) is 61.9 cm³/mol. The molecule has 1 saturated heterocycles. The first kappa shape index (κ1) is 12.7. The summed E-state index contributed by atoms with van der Waals surface area (Å²) < 4.78 is 0. The summed E-state index contributed by atoms with van der Waals surface area (Å²) in [5.41, 5.74) is 1.89. The van der Waals surface area contributed by atoms with Gasteiger partial charge in [0.05, 0.1) is 6.54 Å². The highest BCUT2D eigenvalue weighted by Gasteiger charge is 2.19. The summed E-state index contributed by atoms with van der Waals surface area (Å²) in [5.74, 6) is -0.189. The number of likely N-dealkylation sites (N-methyl/N-ethyl adjacent to an activating group) is 2. The maximum atomic E-state index is 11.9. The van der Waals surface area contributed by atoms with Crippen LogP contribution in [0.15, 0.2) is 11.1 Å². The summed E-state index contributed by atoms with van der Waals surface area (Å²) in [5, 5.41) is 5.76. The Morgan fingerprint density at radius 3 is 2.50 bits per heavy atom. The van der Waals surface area contributed by atoms with Crippen LogP contribution in [0.2, 0.25) is 0 Å². The minimum atomic E-state index is -0.122. The third-order valence-electron chi connectivity index (χ3n) is 2.63. The lowest BCUT2D eigenvalue weighted by Gasteiger charge is -2.24. The van der Waals surface area contributed by atoms with Crippen molar-refractivity contribution in [1.29, 1.82) is 0 Å². The first-order valence-electron chi connectivity index (χ1n) is 5.47. The molecule has 5 nitrogen and oxygen atoms in total. The smallest absolute Gasteiger partial charge is 0.249 e. The number of carbonyl (C=O) groups is 2. The molecule has 1 rings (SSSR count). The third kappa shape index (κ3) is 3.06. The zero-order chi connectivity index (χ0) is 12.1. The van der Waals surface area contributed by atoms with Gasteiger partial charge in [-0.3, -0.25) is 9.59 Å². The van der Waals surface area contributed by atoms with Gasteiger partial charge in [-0.15, -0.1) is 0 Å². The van der Waals surface area contributed by atoms with E-state index in [4.69, 9.17) is 0 Å². The van der Waals surface area contributed by atoms with Crippen LogP contribution in [0, 0.1) is 0 Å². The standard InChI is InChI=1S/C11H19N3O2/c1-4-13-10(15)7-14(3)11(16)8(2)9-5-12-6-9/h12H,4-7H2,1-3H3,(H,13,15). The minimum absolute atomic E-state index is 0.0669. The van der Waals surface area contributed by atoms with Crippen LogP contribution in [0.25, 0.3) is 0 Å². The topological polar surface area (TPSA) is 61.4 Å². The molecular formula is C11H19N3O2. The molecule has 1 fully saturated rings. The summed E-state index contributed by atoms with van der Waals surface area (Å²) >= 11 is 0. The molecule has 0 aromatic carbocycles. The molecular weight excluding hydrogens is 206 g/mol. The molecule has 0 aliphatic carbocycles. The van der Waals surface area contributed by atoms with Crippen molar-refractivity contribution in [1.82, 2.24) is 15.5 Å². The molecule has 0 spiro atoms. The first-order chi connectivity index (χ1) is 7.56. The van der Waals surface area contributed by atoms with Crippen molar-refractivity contribution in [2.45, 2.75) is 13.8 Å². The normalized spacial score (nSPS) is 14.1. The van der Waals surface area contributed by atoms with Gasteiger partial charge < -0.3 is 15.5 Å². The number of nitrogens with zero attached hydrogens (tertiary/aromatic N) is 1. The van der Waals surface area contributed by atoms with Crippen molar-refractivity contribution in [2.75, 3.05) is 33.2 Å². The van der Waals surface area contributed by atoms with Crippen LogP contribution in [0.3, 0.4) is 0 Å². The zero-order valence-electron chi connectivity index (χ0n) is 10.1. The van der Waals surface area contributed by atoms with Crippen LogP contribution in [-0.4, -0.2) is 49.9 Å². The molecule has 0 saturated carbocycles. The van der Waals surface area contributed by atoms with Crippen LogP contribution in [0.5, 0.6) is 0 Å². The van der Waals surface area contributed by atoms with E-state index >= 15 is 0 Å². The quantitative estimate of drug-likeness (QED) is 0.634. The van der Waals surface area contributed by atoms with E-state index in [1.807, 2.05) is 13.8 Å². The summed E-state index contributed by atoms with van der Waals surface area (Å²) in [7, 11) is 1.65. The van der Waals surface area contributed by atoms with Crippen molar-refractivity contribution in [3.8, 4) is 0 Å². The maximum Gasteiger partial charge on any atom is 0.249 e. The van der Waals surface area contributed by atoms with Crippen LogP contribution < -0.4 is 10.6 Å². The largest absolute Gasteiger partial charge is 0.355 e. The highest BCUT2D eigenvalue weighted by atomic mass is 16.2. The molecule has 0 aromatic heterocycles. The predicted octanol–water partition coefficient (Wildman–Crippen LogP) is -0.499. The highest BCUT2D eigenvalue weighted by Crippen LogP contribution is 2.10. The first-order valence-corrected chi connectivity index (χ1v) is 5.47. The van der Waals surface area contributed by atoms with E-state index in [0.29, 0.717) is 6.54 Å². The second-order valence-corrected chi connectivity index (χ2v) is 3.95. The van der Waals surface area contributed by atoms with Gasteiger partial charge in [-0.2, -0.15) is 0 Å². The molecule has 1 heterocycles. The average Bonchev–Trinajstić information content (AvgIpc) is 2.13. The Bertz CT molecular complexity index is 317. The number of nitrogens with one attached hydrogen (secondary N) is 2. The van der Waals surface area contributed by atoms with Gasteiger partial charge in [0.1, 0.15) is 0 Å². The van der Waals surface area contributed by atoms with E-state index in [1.165, 1.54) is 4.90 Å². The van der Waals surface area contributed by atoms with Gasteiger partial charge in [0.15, 0.2) is 0 Å². The number of rotatable bonds is 4. The van der Waals surface area contributed by atoms with Crippen molar-refractivity contribution in [3.63, 3.8) is 0 Å². The monoisotopic (exact) mass is 225 g/mol. The zero-order valence-corrected chi connectivity index (χ0v) is 10.1. The van der Waals surface area contributed by atoms with Crippen molar-refractivity contribution < 1.29 is 9.59 Å². The Kier molecular flexibility index (Phi) is 4.49. The average molecular weight is 225 g/mol. The Labute approximate surface area is 95.9 Å². The molecule has 0 aromatic rings. The van der Waals surface area contributed by atoms with E-state index in [1.54, 1.807) is 7.05 Å². The SMILES string of the molecule is CCNC(=O)CN(C)C(=O)C(C)=C1CNC1. The van der Waals surface area contributed by atoms with E-state index in [2.05, 4.69) is 10.6 Å². The van der Waals surface area contributed by atoms with Crippen molar-refractivity contribution in [2.24, 2.45) is 0 Å². The number of amides is 2. The molecule has 1 aliphatic heterocycles. The van der Waals surface area contributed by atoms with Crippen molar-refractivity contribution in [3.05, 3.63) is 11.1 Å². The number of carbonyl (C=O) groups excluding carboxylic acids is 2. The lowest BCUT2D eigenvalue weighted by atomic mass is 10.0. The second-order valence-electron chi connectivity index (χ2n) is 3.95. The van der Waals surface area contributed by atoms with Gasteiger partial charge in [0.25, 0.3) is 0 Å². The summed E-state index contributed by atoms with van der Waals surface area (Å²) in [6, 6.07) is 0. The Morgan fingerprint density at radius 2 is 2.06 bits per heavy atom. The van der Waals surface area contributed by atoms with Crippen LogP contribution in [-0.2, 0) is 9.59 Å². The lowest BCUT2D eigenvalue weighted by molar-refractivity contribution is -0.131. The molecule has 16 heavy (non-hydrogen) atoms. The molecule has 90 valence electrons. The molecule has 0 unspecified atom stereocenters. The minimum Gasteiger partial charge on any atom is -0.355 e. The Morgan fingerprint density at radius 1 is 1.44 bits per heavy atom. The highest BCUT2D eigenvalue weighted by molar-refractivity contribution is 5.96. The van der Waals surface area contributed by atoms with E-state index in [9.17, 15) is 9.59 Å². The molecule has 2 N–H and O–H groups in total. The van der Waals surface area contributed by atoms with E-state index in [0.717, 1.165) is 24.2 Å². The third-order valence-corrected chi connectivity index (χ3v) is 2.63. The maximum absolute atomic E-state index is 11.9. The van der Waals surface area contributed by atoms with Gasteiger partial charge in [-0.05, 0) is 19.4 Å². The van der Waals surface area contributed by atoms with Gasteiger partial charge in [-0.1, -0.05) is 0 Å². The Balaban J connectivity index is 2.50. The van der Waals surface area contributed by atoms with Gasteiger partial charge in [0.2, 0.25) is 11.8 Å². The molecule has 0 radical (unpaired) electrons.